The Labute approximate surface area is 117 Å². The third kappa shape index (κ3) is 3.90. The number of benzene rings is 1. The summed E-state index contributed by atoms with van der Waals surface area (Å²) in [4.78, 5) is 11.8. The van der Waals surface area contributed by atoms with Crippen molar-refractivity contribution in [1.82, 2.24) is 5.32 Å². The molecule has 1 aromatic rings. The maximum Gasteiger partial charge on any atom is 0.326 e. The van der Waals surface area contributed by atoms with Gasteiger partial charge in [0.15, 0.2) is 11.6 Å². The number of hydrogen-bond acceptors (Lipinski definition) is 4. The standard InChI is InChI=1S/C14H19F2NO3/c1-4-19-13(18)14(2,17-3)8-9-20-11-7-5-6-10(15)12(11)16/h5-7,17H,4,8-9H2,1-3H3. The maximum atomic E-state index is 13.4. The number of hydrogen-bond donors (Lipinski definition) is 1. The van der Waals surface area contributed by atoms with Crippen LogP contribution in [-0.4, -0.2) is 31.8 Å². The number of halogens is 2. The van der Waals surface area contributed by atoms with Crippen LogP contribution >= 0.6 is 0 Å². The Hall–Kier alpha value is -1.69. The van der Waals surface area contributed by atoms with Gasteiger partial charge in [-0.25, -0.2) is 4.39 Å². The fourth-order valence-electron chi connectivity index (χ4n) is 1.58. The summed E-state index contributed by atoms with van der Waals surface area (Å²) in [6.45, 7) is 3.70. The van der Waals surface area contributed by atoms with Gasteiger partial charge in [-0.3, -0.25) is 4.79 Å². The van der Waals surface area contributed by atoms with E-state index in [1.165, 1.54) is 12.1 Å². The molecule has 0 aliphatic carbocycles. The number of carbonyl (C=O) groups is 1. The molecule has 4 nitrogen and oxygen atoms in total. The van der Waals surface area contributed by atoms with Gasteiger partial charge in [0.25, 0.3) is 0 Å². The van der Waals surface area contributed by atoms with Gasteiger partial charge >= 0.3 is 5.97 Å². The van der Waals surface area contributed by atoms with Gasteiger partial charge in [-0.2, -0.15) is 4.39 Å². The van der Waals surface area contributed by atoms with E-state index in [0.29, 0.717) is 0 Å². The first kappa shape index (κ1) is 16.4. The summed E-state index contributed by atoms with van der Waals surface area (Å²) in [5.41, 5.74) is -0.931. The normalized spacial score (nSPS) is 13.7. The molecule has 0 aromatic heterocycles. The minimum atomic E-state index is -1.03. The van der Waals surface area contributed by atoms with Crippen LogP contribution in [0.2, 0.25) is 0 Å². The van der Waals surface area contributed by atoms with Gasteiger partial charge in [0.2, 0.25) is 5.82 Å². The Bertz CT molecular complexity index is 468. The topological polar surface area (TPSA) is 47.6 Å². The van der Waals surface area contributed by atoms with Gasteiger partial charge in [-0.1, -0.05) is 6.07 Å². The number of esters is 1. The second-order valence-electron chi connectivity index (χ2n) is 4.45. The van der Waals surface area contributed by atoms with Crippen LogP contribution in [0.4, 0.5) is 8.78 Å². The van der Waals surface area contributed by atoms with Crippen LogP contribution in [0.5, 0.6) is 5.75 Å². The Morgan fingerprint density at radius 2 is 2.10 bits per heavy atom. The zero-order chi connectivity index (χ0) is 15.2. The van der Waals surface area contributed by atoms with E-state index in [1.807, 2.05) is 0 Å². The first-order valence-electron chi connectivity index (χ1n) is 6.37. The fraction of sp³-hybridized carbons (Fsp3) is 0.500. The van der Waals surface area contributed by atoms with Crippen molar-refractivity contribution >= 4 is 5.97 Å². The van der Waals surface area contributed by atoms with Crippen molar-refractivity contribution in [2.75, 3.05) is 20.3 Å². The Kier molecular flexibility index (Phi) is 5.88. The Balaban J connectivity index is 2.61. The Morgan fingerprint density at radius 1 is 1.40 bits per heavy atom. The van der Waals surface area contributed by atoms with E-state index in [0.717, 1.165) is 6.07 Å². The van der Waals surface area contributed by atoms with Crippen LogP contribution in [0.15, 0.2) is 18.2 Å². The molecule has 0 radical (unpaired) electrons. The minimum Gasteiger partial charge on any atom is -0.490 e. The summed E-state index contributed by atoms with van der Waals surface area (Å²) in [5, 5.41) is 2.85. The lowest BCUT2D eigenvalue weighted by Gasteiger charge is -2.26. The quantitative estimate of drug-likeness (QED) is 0.782. The molecule has 112 valence electrons. The third-order valence-corrected chi connectivity index (χ3v) is 3.05. The lowest BCUT2D eigenvalue weighted by molar-refractivity contribution is -0.150. The first-order valence-corrected chi connectivity index (χ1v) is 6.37. The van der Waals surface area contributed by atoms with Crippen LogP contribution in [0, 0.1) is 11.6 Å². The summed E-state index contributed by atoms with van der Waals surface area (Å²) < 4.78 is 36.5. The van der Waals surface area contributed by atoms with Gasteiger partial charge in [0.1, 0.15) is 5.54 Å². The number of likely N-dealkylation sites (N-methyl/N-ethyl adjacent to an activating group) is 1. The van der Waals surface area contributed by atoms with Crippen molar-refractivity contribution in [2.24, 2.45) is 0 Å². The van der Waals surface area contributed by atoms with E-state index in [2.05, 4.69) is 5.32 Å². The first-order chi connectivity index (χ1) is 9.44. The molecule has 0 saturated carbocycles. The fourth-order valence-corrected chi connectivity index (χ4v) is 1.58. The van der Waals surface area contributed by atoms with Gasteiger partial charge in [-0.05, 0) is 33.0 Å². The highest BCUT2D eigenvalue weighted by Crippen LogP contribution is 2.20. The van der Waals surface area contributed by atoms with Crippen LogP contribution < -0.4 is 10.1 Å². The maximum absolute atomic E-state index is 13.4. The summed E-state index contributed by atoms with van der Waals surface area (Å²) in [7, 11) is 1.62. The molecule has 0 amide bonds. The number of nitrogens with one attached hydrogen (secondary N) is 1. The number of carbonyl (C=O) groups excluding carboxylic acids is 1. The predicted octanol–water partition coefficient (Wildman–Crippen LogP) is 2.27. The second kappa shape index (κ2) is 7.19. The van der Waals surface area contributed by atoms with E-state index in [9.17, 15) is 13.6 Å². The molecule has 0 aliphatic heterocycles. The molecule has 0 fully saturated rings. The van der Waals surface area contributed by atoms with Crippen molar-refractivity contribution in [2.45, 2.75) is 25.8 Å². The molecule has 1 N–H and O–H groups in total. The lowest BCUT2D eigenvalue weighted by Crippen LogP contribution is -2.49. The highest BCUT2D eigenvalue weighted by atomic mass is 19.2. The zero-order valence-corrected chi connectivity index (χ0v) is 11.8. The second-order valence-corrected chi connectivity index (χ2v) is 4.45. The van der Waals surface area contributed by atoms with Gasteiger partial charge in [-0.15, -0.1) is 0 Å². The van der Waals surface area contributed by atoms with Gasteiger partial charge in [0, 0.05) is 6.42 Å². The minimum absolute atomic E-state index is 0.0521. The molecular formula is C14H19F2NO3. The van der Waals surface area contributed by atoms with Crippen LogP contribution in [0.1, 0.15) is 20.3 Å². The third-order valence-electron chi connectivity index (χ3n) is 3.05. The molecule has 0 saturated heterocycles. The van der Waals surface area contributed by atoms with E-state index in [4.69, 9.17) is 9.47 Å². The molecule has 1 unspecified atom stereocenters. The lowest BCUT2D eigenvalue weighted by atomic mass is 9.99. The van der Waals surface area contributed by atoms with E-state index in [1.54, 1.807) is 20.9 Å². The summed E-state index contributed by atoms with van der Waals surface area (Å²) in [6, 6.07) is 3.70. The average Bonchev–Trinajstić information content (AvgIpc) is 2.43. The molecule has 0 aliphatic rings. The molecule has 0 heterocycles. The van der Waals surface area contributed by atoms with E-state index in [-0.39, 0.29) is 25.4 Å². The van der Waals surface area contributed by atoms with Crippen LogP contribution in [-0.2, 0) is 9.53 Å². The van der Waals surface area contributed by atoms with Crippen molar-refractivity contribution in [3.05, 3.63) is 29.8 Å². The largest absolute Gasteiger partial charge is 0.490 e. The SMILES string of the molecule is CCOC(=O)C(C)(CCOc1cccc(F)c1F)NC. The molecule has 6 heteroatoms. The number of ether oxygens (including phenoxy) is 2. The molecule has 1 rings (SSSR count). The molecule has 0 bridgehead atoms. The van der Waals surface area contributed by atoms with Crippen molar-refractivity contribution in [3.63, 3.8) is 0 Å². The summed E-state index contributed by atoms with van der Waals surface area (Å²) in [6.07, 6.45) is 0.262. The van der Waals surface area contributed by atoms with Crippen molar-refractivity contribution < 1.29 is 23.0 Å². The molecule has 0 spiro atoms. The zero-order valence-electron chi connectivity index (χ0n) is 11.8. The van der Waals surface area contributed by atoms with Crippen molar-refractivity contribution in [1.29, 1.82) is 0 Å². The smallest absolute Gasteiger partial charge is 0.326 e. The number of rotatable bonds is 7. The summed E-state index contributed by atoms with van der Waals surface area (Å²) >= 11 is 0. The molecule has 1 aromatic carbocycles. The predicted molar refractivity (Wildman–Crippen MR) is 70.6 cm³/mol. The van der Waals surface area contributed by atoms with Gasteiger partial charge < -0.3 is 14.8 Å². The molecular weight excluding hydrogens is 268 g/mol. The van der Waals surface area contributed by atoms with Gasteiger partial charge in [0.05, 0.1) is 13.2 Å². The monoisotopic (exact) mass is 287 g/mol. The highest BCUT2D eigenvalue weighted by molar-refractivity contribution is 5.80. The van der Waals surface area contributed by atoms with E-state index < -0.39 is 23.1 Å². The molecule has 20 heavy (non-hydrogen) atoms. The Morgan fingerprint density at radius 3 is 2.70 bits per heavy atom. The van der Waals surface area contributed by atoms with Crippen LogP contribution in [0.3, 0.4) is 0 Å². The van der Waals surface area contributed by atoms with Crippen LogP contribution in [0.25, 0.3) is 0 Å². The van der Waals surface area contributed by atoms with E-state index >= 15 is 0 Å². The summed E-state index contributed by atoms with van der Waals surface area (Å²) in [5.74, 6) is -2.59. The highest BCUT2D eigenvalue weighted by Gasteiger charge is 2.32. The average molecular weight is 287 g/mol. The van der Waals surface area contributed by atoms with Crippen molar-refractivity contribution in [3.8, 4) is 5.75 Å². The molecule has 1 atom stereocenters.